The van der Waals surface area contributed by atoms with Crippen molar-refractivity contribution >= 4 is 16.7 Å². The van der Waals surface area contributed by atoms with E-state index in [2.05, 4.69) is 16.9 Å². The highest BCUT2D eigenvalue weighted by Crippen LogP contribution is 2.21. The zero-order valence-electron chi connectivity index (χ0n) is 17.9. The lowest BCUT2D eigenvalue weighted by Gasteiger charge is -2.34. The fourth-order valence-corrected chi connectivity index (χ4v) is 5.09. The number of nitrogens with zero attached hydrogens (tertiary/aromatic N) is 5. The highest BCUT2D eigenvalue weighted by atomic mass is 32.2. The Morgan fingerprint density at radius 1 is 1.03 bits per heavy atom. The van der Waals surface area contributed by atoms with Gasteiger partial charge in [-0.05, 0) is 37.2 Å². The molecular formula is C23H29N5O2S. The minimum atomic E-state index is -1.30. The van der Waals surface area contributed by atoms with Crippen molar-refractivity contribution < 1.29 is 9.00 Å². The summed E-state index contributed by atoms with van der Waals surface area (Å²) in [7, 11) is -1.30. The third kappa shape index (κ3) is 5.14. The molecule has 1 unspecified atom stereocenters. The molecule has 0 aliphatic carbocycles. The lowest BCUT2D eigenvalue weighted by atomic mass is 10.3. The smallest absolute Gasteiger partial charge is 0.235 e. The van der Waals surface area contributed by atoms with Crippen LogP contribution >= 0.6 is 0 Å². The number of amides is 1. The van der Waals surface area contributed by atoms with Crippen LogP contribution in [0.3, 0.4) is 0 Å². The molecule has 0 bridgehead atoms. The summed E-state index contributed by atoms with van der Waals surface area (Å²) in [6, 6.07) is 13.8. The third-order valence-corrected chi connectivity index (χ3v) is 6.73. The molecule has 2 aromatic heterocycles. The SMILES string of the molecule is CCCN1CCN(C(=O)CS(=O)Cc2cnn(-c3ccccc3)c2-n2cccc2)CC1. The fourth-order valence-electron chi connectivity index (χ4n) is 3.98. The van der Waals surface area contributed by atoms with E-state index >= 15 is 0 Å². The van der Waals surface area contributed by atoms with E-state index < -0.39 is 10.8 Å². The zero-order chi connectivity index (χ0) is 21.6. The van der Waals surface area contributed by atoms with Crippen LogP contribution in [0.4, 0.5) is 0 Å². The van der Waals surface area contributed by atoms with Gasteiger partial charge in [0.1, 0.15) is 11.6 Å². The summed E-state index contributed by atoms with van der Waals surface area (Å²) < 4.78 is 16.7. The van der Waals surface area contributed by atoms with E-state index in [1.165, 1.54) is 0 Å². The van der Waals surface area contributed by atoms with Crippen molar-refractivity contribution in [1.82, 2.24) is 24.1 Å². The molecule has 4 rings (SSSR count). The Balaban J connectivity index is 1.45. The normalized spacial score (nSPS) is 15.8. The second-order valence-corrected chi connectivity index (χ2v) is 9.24. The number of carbonyl (C=O) groups is 1. The second-order valence-electron chi connectivity index (χ2n) is 7.78. The van der Waals surface area contributed by atoms with Gasteiger partial charge in [-0.3, -0.25) is 13.9 Å². The third-order valence-electron chi connectivity index (χ3n) is 5.53. The van der Waals surface area contributed by atoms with Crippen molar-refractivity contribution in [3.8, 4) is 11.5 Å². The van der Waals surface area contributed by atoms with Crippen LogP contribution in [0.2, 0.25) is 0 Å². The van der Waals surface area contributed by atoms with Crippen molar-refractivity contribution in [3.05, 3.63) is 66.6 Å². The summed E-state index contributed by atoms with van der Waals surface area (Å²) in [5, 5.41) is 4.55. The minimum absolute atomic E-state index is 0.0209. The Kier molecular flexibility index (Phi) is 6.99. The summed E-state index contributed by atoms with van der Waals surface area (Å²) in [6.07, 6.45) is 6.78. The maximum Gasteiger partial charge on any atom is 0.235 e. The molecule has 1 aliphatic rings. The lowest BCUT2D eigenvalue weighted by Crippen LogP contribution is -2.49. The van der Waals surface area contributed by atoms with E-state index in [-0.39, 0.29) is 11.7 Å². The van der Waals surface area contributed by atoms with Gasteiger partial charge in [0.05, 0.1) is 17.6 Å². The van der Waals surface area contributed by atoms with E-state index in [0.29, 0.717) is 5.75 Å². The summed E-state index contributed by atoms with van der Waals surface area (Å²) in [5.74, 6) is 1.18. The number of aromatic nitrogens is 3. The standard InChI is InChI=1S/C23H29N5O2S/c1-2-10-25-13-15-26(16-14-25)22(29)19-31(30)18-20-17-24-28(21-8-4-3-5-9-21)23(20)27-11-6-7-12-27/h3-9,11-12,17H,2,10,13-16,18-19H2,1H3. The van der Waals surface area contributed by atoms with E-state index in [1.54, 1.807) is 6.20 Å². The van der Waals surface area contributed by atoms with Crippen molar-refractivity contribution in [1.29, 1.82) is 0 Å². The Morgan fingerprint density at radius 2 is 1.74 bits per heavy atom. The van der Waals surface area contributed by atoms with Gasteiger partial charge in [-0.1, -0.05) is 25.1 Å². The molecule has 1 amide bonds. The van der Waals surface area contributed by atoms with Crippen LogP contribution in [-0.2, 0) is 21.3 Å². The predicted octanol–water partition coefficient (Wildman–Crippen LogP) is 2.47. The minimum Gasteiger partial charge on any atom is -0.339 e. The topological polar surface area (TPSA) is 63.4 Å². The molecule has 8 heteroatoms. The average Bonchev–Trinajstić information content (AvgIpc) is 3.45. The highest BCUT2D eigenvalue weighted by Gasteiger charge is 2.23. The lowest BCUT2D eigenvalue weighted by molar-refractivity contribution is -0.130. The van der Waals surface area contributed by atoms with Gasteiger partial charge in [0.2, 0.25) is 5.91 Å². The number of para-hydroxylation sites is 1. The van der Waals surface area contributed by atoms with Gasteiger partial charge in [0.25, 0.3) is 0 Å². The number of piperazine rings is 1. The van der Waals surface area contributed by atoms with Crippen LogP contribution in [0.1, 0.15) is 18.9 Å². The van der Waals surface area contributed by atoms with Gasteiger partial charge in [-0.25, -0.2) is 4.68 Å². The van der Waals surface area contributed by atoms with E-state index in [1.807, 2.05) is 69.0 Å². The molecule has 0 saturated carbocycles. The first kappa shape index (κ1) is 21.5. The zero-order valence-corrected chi connectivity index (χ0v) is 18.7. The van der Waals surface area contributed by atoms with Crippen molar-refractivity contribution in [2.75, 3.05) is 38.5 Å². The van der Waals surface area contributed by atoms with Crippen LogP contribution in [-0.4, -0.2) is 72.7 Å². The number of hydrogen-bond acceptors (Lipinski definition) is 4. The van der Waals surface area contributed by atoms with Gasteiger partial charge >= 0.3 is 0 Å². The molecule has 1 aromatic carbocycles. The summed E-state index contributed by atoms with van der Waals surface area (Å²) in [5.41, 5.74) is 1.79. The largest absolute Gasteiger partial charge is 0.339 e. The quantitative estimate of drug-likeness (QED) is 0.541. The molecule has 0 radical (unpaired) electrons. The Bertz CT molecular complexity index is 1010. The van der Waals surface area contributed by atoms with Gasteiger partial charge in [0.15, 0.2) is 0 Å². The fraction of sp³-hybridized carbons (Fsp3) is 0.391. The van der Waals surface area contributed by atoms with Gasteiger partial charge < -0.3 is 9.47 Å². The van der Waals surface area contributed by atoms with E-state index in [9.17, 15) is 9.00 Å². The molecule has 1 saturated heterocycles. The van der Waals surface area contributed by atoms with Crippen LogP contribution in [0.15, 0.2) is 61.1 Å². The first-order valence-electron chi connectivity index (χ1n) is 10.8. The summed E-state index contributed by atoms with van der Waals surface area (Å²) >= 11 is 0. The highest BCUT2D eigenvalue weighted by molar-refractivity contribution is 7.84. The first-order valence-corrected chi connectivity index (χ1v) is 12.2. The molecular weight excluding hydrogens is 410 g/mol. The molecule has 1 atom stereocenters. The number of hydrogen-bond donors (Lipinski definition) is 0. The van der Waals surface area contributed by atoms with Gasteiger partial charge in [-0.2, -0.15) is 5.10 Å². The molecule has 31 heavy (non-hydrogen) atoms. The molecule has 3 aromatic rings. The maximum absolute atomic E-state index is 12.9. The molecule has 3 heterocycles. The van der Waals surface area contributed by atoms with E-state index in [0.717, 1.165) is 56.2 Å². The Labute approximate surface area is 185 Å². The van der Waals surface area contributed by atoms with Crippen molar-refractivity contribution in [3.63, 3.8) is 0 Å². The monoisotopic (exact) mass is 439 g/mol. The first-order chi connectivity index (χ1) is 15.2. The van der Waals surface area contributed by atoms with Gasteiger partial charge in [0, 0.05) is 54.9 Å². The average molecular weight is 440 g/mol. The van der Waals surface area contributed by atoms with E-state index in [4.69, 9.17) is 0 Å². The van der Waals surface area contributed by atoms with Crippen molar-refractivity contribution in [2.45, 2.75) is 19.1 Å². The maximum atomic E-state index is 12.9. The Morgan fingerprint density at radius 3 is 2.42 bits per heavy atom. The molecule has 1 aliphatic heterocycles. The van der Waals surface area contributed by atoms with Crippen LogP contribution in [0.5, 0.6) is 0 Å². The summed E-state index contributed by atoms with van der Waals surface area (Å²) in [6.45, 7) is 6.47. The predicted molar refractivity (Wildman–Crippen MR) is 123 cm³/mol. The van der Waals surface area contributed by atoms with Crippen LogP contribution in [0, 0.1) is 0 Å². The molecule has 7 nitrogen and oxygen atoms in total. The molecule has 0 spiro atoms. The van der Waals surface area contributed by atoms with Crippen LogP contribution < -0.4 is 0 Å². The number of benzene rings is 1. The second kappa shape index (κ2) is 10.1. The summed E-state index contributed by atoms with van der Waals surface area (Å²) in [4.78, 5) is 16.9. The molecule has 0 N–H and O–H groups in total. The van der Waals surface area contributed by atoms with Crippen molar-refractivity contribution in [2.24, 2.45) is 0 Å². The molecule has 164 valence electrons. The van der Waals surface area contributed by atoms with Gasteiger partial charge in [-0.15, -0.1) is 0 Å². The molecule has 1 fully saturated rings. The Hall–Kier alpha value is -2.71. The number of rotatable bonds is 8. The number of carbonyl (C=O) groups excluding carboxylic acids is 1. The van der Waals surface area contributed by atoms with Crippen LogP contribution in [0.25, 0.3) is 11.5 Å².